The Morgan fingerprint density at radius 2 is 1.48 bits per heavy atom. The smallest absolute Gasteiger partial charge is 0.408 e. The third-order valence-corrected chi connectivity index (χ3v) is 12.7. The topological polar surface area (TPSA) is 94.1 Å². The number of aliphatic hydroxyl groups is 1. The van der Waals surface area contributed by atoms with Crippen LogP contribution >= 0.6 is 0 Å². The molecule has 1 fully saturated rings. The lowest BCUT2D eigenvalue weighted by molar-refractivity contribution is -0.147. The molecule has 2 N–H and O–H groups in total. The summed E-state index contributed by atoms with van der Waals surface area (Å²) in [5, 5.41) is 13.8. The predicted molar refractivity (Wildman–Crippen MR) is 166 cm³/mol. The number of rotatable bonds is 18. The molecule has 0 aromatic heterocycles. The quantitative estimate of drug-likeness (QED) is 0.0731. The molecule has 1 heterocycles. The number of ether oxygens (including phenoxy) is 2. The summed E-state index contributed by atoms with van der Waals surface area (Å²) in [6, 6.07) is 0. The fourth-order valence-corrected chi connectivity index (χ4v) is 5.52. The van der Waals surface area contributed by atoms with E-state index >= 15 is 0 Å². The summed E-state index contributed by atoms with van der Waals surface area (Å²) in [7, 11) is -2.29. The molecule has 7 nitrogen and oxygen atoms in total. The van der Waals surface area contributed by atoms with Gasteiger partial charge in [0.15, 0.2) is 13.9 Å². The van der Waals surface area contributed by atoms with E-state index in [1.165, 1.54) is 64.2 Å². The van der Waals surface area contributed by atoms with Gasteiger partial charge in [-0.25, -0.2) is 9.59 Å². The minimum absolute atomic E-state index is 0.107. The normalized spacial score (nSPS) is 22.1. The number of carbonyl (C=O) groups excluding carboxylic acids is 2. The highest BCUT2D eigenvalue weighted by Gasteiger charge is 2.59. The second kappa shape index (κ2) is 16.9. The van der Waals surface area contributed by atoms with Crippen molar-refractivity contribution in [3.8, 4) is 0 Å². The molecule has 0 aromatic rings. The number of aliphatic hydroxyl groups excluding tert-OH is 1. The average molecular weight is 584 g/mol. The van der Waals surface area contributed by atoms with Gasteiger partial charge in [-0.3, -0.25) is 0 Å². The Bertz CT molecular complexity index is 785. The zero-order chi connectivity index (χ0) is 30.5. The maximum atomic E-state index is 13.2. The van der Waals surface area contributed by atoms with Gasteiger partial charge in [0.05, 0.1) is 6.61 Å². The minimum Gasteiger partial charge on any atom is -0.457 e. The molecule has 1 rings (SSSR count). The maximum Gasteiger partial charge on any atom is 0.408 e. The molecule has 0 bridgehead atoms. The van der Waals surface area contributed by atoms with E-state index in [0.717, 1.165) is 12.8 Å². The molecule has 1 aliphatic heterocycles. The molecule has 0 spiro atoms. The number of unbranched alkanes of at least 4 members (excludes halogenated alkanes) is 11. The molecule has 0 radical (unpaired) electrons. The Kier molecular flexibility index (Phi) is 15.5. The number of allylic oxidation sites excluding steroid dienone is 1. The van der Waals surface area contributed by atoms with Gasteiger partial charge in [-0.2, -0.15) is 0 Å². The molecule has 3 atom stereocenters. The van der Waals surface area contributed by atoms with Gasteiger partial charge < -0.3 is 24.3 Å². The van der Waals surface area contributed by atoms with Gasteiger partial charge >= 0.3 is 12.1 Å². The van der Waals surface area contributed by atoms with Crippen LogP contribution in [0.15, 0.2) is 12.2 Å². The zero-order valence-corrected chi connectivity index (χ0v) is 28.2. The van der Waals surface area contributed by atoms with Crippen LogP contribution in [-0.4, -0.2) is 55.4 Å². The first-order valence-electron chi connectivity index (χ1n) is 15.7. The van der Waals surface area contributed by atoms with Crippen molar-refractivity contribution in [2.24, 2.45) is 0 Å². The van der Waals surface area contributed by atoms with E-state index in [-0.39, 0.29) is 11.6 Å². The van der Waals surface area contributed by atoms with Gasteiger partial charge in [0, 0.05) is 6.42 Å². The highest BCUT2D eigenvalue weighted by molar-refractivity contribution is 6.74. The van der Waals surface area contributed by atoms with Crippen LogP contribution in [0.4, 0.5) is 4.79 Å². The number of hydrogen-bond acceptors (Lipinski definition) is 6. The molecule has 0 unspecified atom stereocenters. The molecule has 1 saturated heterocycles. The third-order valence-electron chi connectivity index (χ3n) is 8.18. The monoisotopic (exact) mass is 583 g/mol. The van der Waals surface area contributed by atoms with E-state index < -0.39 is 43.7 Å². The van der Waals surface area contributed by atoms with Crippen molar-refractivity contribution < 1.29 is 28.6 Å². The van der Waals surface area contributed by atoms with Gasteiger partial charge in [0.25, 0.3) is 0 Å². The summed E-state index contributed by atoms with van der Waals surface area (Å²) in [6.07, 6.45) is 17.0. The van der Waals surface area contributed by atoms with Crippen LogP contribution in [0.5, 0.6) is 0 Å². The van der Waals surface area contributed by atoms with E-state index in [0.29, 0.717) is 6.42 Å². The van der Waals surface area contributed by atoms with E-state index in [2.05, 4.69) is 52.2 Å². The largest absolute Gasteiger partial charge is 0.457 e. The molecule has 0 aliphatic carbocycles. The van der Waals surface area contributed by atoms with E-state index in [1.807, 2.05) is 6.08 Å². The van der Waals surface area contributed by atoms with Gasteiger partial charge in [-0.1, -0.05) is 104 Å². The lowest BCUT2D eigenvalue weighted by Crippen LogP contribution is -2.64. The highest BCUT2D eigenvalue weighted by Crippen LogP contribution is 2.38. The summed E-state index contributed by atoms with van der Waals surface area (Å²) < 4.78 is 17.3. The number of alkyl carbamates (subject to hydrolysis) is 1. The van der Waals surface area contributed by atoms with E-state index in [9.17, 15) is 14.7 Å². The summed E-state index contributed by atoms with van der Waals surface area (Å²) in [5.74, 6) is -0.687. The second-order valence-electron chi connectivity index (χ2n) is 14.1. The standard InChI is InChI=1S/C32H61NO6Si/c1-10-11-12-13-14-15-16-17-18-19-20-21-22-23-24-26-27(34)32(28(35)38-26,33-29(36)39-30(2,3)4)25-37-40(8,9)31(5,6)7/h22-23,26-27,34H,10-21,24-25H2,1-9H3,(H,33,36)/b23-22+/t26-,27+,32+/m1/s1. The van der Waals surface area contributed by atoms with Crippen molar-refractivity contribution in [1.82, 2.24) is 5.32 Å². The highest BCUT2D eigenvalue weighted by atomic mass is 28.4. The second-order valence-corrected chi connectivity index (χ2v) is 18.9. The van der Waals surface area contributed by atoms with E-state index in [1.54, 1.807) is 20.8 Å². The number of esters is 1. The Balaban J connectivity index is 2.62. The maximum absolute atomic E-state index is 13.2. The molecule has 8 heteroatoms. The van der Waals surface area contributed by atoms with Gasteiger partial charge in [0.1, 0.15) is 17.8 Å². The lowest BCUT2D eigenvalue weighted by Gasteiger charge is -2.39. The van der Waals surface area contributed by atoms with Crippen LogP contribution in [-0.2, 0) is 18.7 Å². The van der Waals surface area contributed by atoms with Crippen LogP contribution in [0.1, 0.15) is 132 Å². The Hall–Kier alpha value is -1.38. The molecular formula is C32H61NO6Si. The minimum atomic E-state index is -2.29. The average Bonchev–Trinajstić information content (AvgIpc) is 3.05. The van der Waals surface area contributed by atoms with Crippen molar-refractivity contribution in [1.29, 1.82) is 0 Å². The van der Waals surface area contributed by atoms with Crippen molar-refractivity contribution in [3.05, 3.63) is 12.2 Å². The molecule has 1 amide bonds. The SMILES string of the molecule is CCCCCCCCCCCCC/C=C/C[C@H]1OC(=O)[C@@](CO[Si](C)(C)C(C)(C)C)(NC(=O)OC(C)(C)C)[C@H]1O. The zero-order valence-electron chi connectivity index (χ0n) is 27.2. The van der Waals surface area contributed by atoms with Crippen molar-refractivity contribution in [3.63, 3.8) is 0 Å². The van der Waals surface area contributed by atoms with Crippen LogP contribution in [0, 0.1) is 0 Å². The number of cyclic esters (lactones) is 1. The Morgan fingerprint density at radius 1 is 0.950 bits per heavy atom. The predicted octanol–water partition coefficient (Wildman–Crippen LogP) is 8.21. The molecule has 40 heavy (non-hydrogen) atoms. The van der Waals surface area contributed by atoms with E-state index in [4.69, 9.17) is 13.9 Å². The summed E-state index contributed by atoms with van der Waals surface area (Å²) in [5.41, 5.74) is -2.47. The number of nitrogens with one attached hydrogen (secondary N) is 1. The van der Waals surface area contributed by atoms with Crippen LogP contribution in [0.3, 0.4) is 0 Å². The molecular weight excluding hydrogens is 522 g/mol. The van der Waals surface area contributed by atoms with Crippen LogP contribution < -0.4 is 5.32 Å². The molecule has 0 saturated carbocycles. The summed E-state index contributed by atoms with van der Waals surface area (Å²) in [6.45, 7) is 17.8. The molecule has 0 aromatic carbocycles. The first-order chi connectivity index (χ1) is 18.6. The third kappa shape index (κ3) is 12.6. The molecule has 1 aliphatic rings. The fourth-order valence-electron chi connectivity index (χ4n) is 4.50. The Morgan fingerprint density at radius 3 is 1.98 bits per heavy atom. The Labute approximate surface area is 246 Å². The van der Waals surface area contributed by atoms with Crippen LogP contribution in [0.2, 0.25) is 18.1 Å². The van der Waals surface area contributed by atoms with Gasteiger partial charge in [-0.15, -0.1) is 0 Å². The number of carbonyl (C=O) groups is 2. The fraction of sp³-hybridized carbons (Fsp3) is 0.875. The van der Waals surface area contributed by atoms with Crippen molar-refractivity contribution >= 4 is 20.4 Å². The van der Waals surface area contributed by atoms with Gasteiger partial charge in [0.2, 0.25) is 0 Å². The van der Waals surface area contributed by atoms with Crippen LogP contribution in [0.25, 0.3) is 0 Å². The first kappa shape index (κ1) is 36.6. The number of hydrogen-bond donors (Lipinski definition) is 2. The molecule has 234 valence electrons. The summed E-state index contributed by atoms with van der Waals surface area (Å²) >= 11 is 0. The lowest BCUT2D eigenvalue weighted by atomic mass is 9.91. The summed E-state index contributed by atoms with van der Waals surface area (Å²) in [4.78, 5) is 25.9. The number of amides is 1. The van der Waals surface area contributed by atoms with Crippen molar-refractivity contribution in [2.75, 3.05) is 6.61 Å². The van der Waals surface area contributed by atoms with Gasteiger partial charge in [-0.05, 0) is 51.7 Å². The van der Waals surface area contributed by atoms with Crippen molar-refractivity contribution in [2.45, 2.75) is 173 Å². The first-order valence-corrected chi connectivity index (χ1v) is 18.7.